The average molecular weight is 259 g/mol. The quantitative estimate of drug-likeness (QED) is 0.329. The minimum atomic E-state index is 0.283. The average Bonchev–Trinajstić information content (AvgIpc) is 2.71. The number of anilines is 1. The van der Waals surface area contributed by atoms with Crippen LogP contribution in [-0.2, 0) is 0 Å². The van der Waals surface area contributed by atoms with Crippen LogP contribution in [0.4, 0.5) is 5.95 Å². The number of hydrazone groups is 1. The molecule has 2 rings (SSSR count). The summed E-state index contributed by atoms with van der Waals surface area (Å²) in [5.41, 5.74) is 3.86. The van der Waals surface area contributed by atoms with E-state index < -0.39 is 0 Å². The minimum Gasteiger partial charge on any atom is -0.334 e. The van der Waals surface area contributed by atoms with Gasteiger partial charge in [0.15, 0.2) is 0 Å². The van der Waals surface area contributed by atoms with Gasteiger partial charge in [-0.3, -0.25) is 0 Å². The highest BCUT2D eigenvalue weighted by atomic mass is 32.1. The lowest BCUT2D eigenvalue weighted by Gasteiger charge is -1.98. The number of aromatic amines is 1. The van der Waals surface area contributed by atoms with Crippen molar-refractivity contribution in [2.75, 3.05) is 11.3 Å². The van der Waals surface area contributed by atoms with Gasteiger partial charge in [0.05, 0.1) is 17.8 Å². The molecular formula is C10H9N7S. The van der Waals surface area contributed by atoms with Crippen LogP contribution in [0, 0.1) is 16.1 Å². The molecule has 4 N–H and O–H groups in total. The normalized spacial score (nSPS) is 10.4. The number of hydrogen-bond donors (Lipinski definition) is 3. The number of aromatic nitrogens is 3. The predicted molar refractivity (Wildman–Crippen MR) is 69.9 cm³/mol. The fraction of sp³-hybridized carbons (Fsp3) is 0. The molecule has 0 aliphatic heterocycles. The van der Waals surface area contributed by atoms with Gasteiger partial charge in [-0.25, -0.2) is 10.5 Å². The highest BCUT2D eigenvalue weighted by molar-refractivity contribution is 7.71. The van der Waals surface area contributed by atoms with Crippen molar-refractivity contribution in [1.82, 2.24) is 14.9 Å². The Hall–Kier alpha value is -2.66. The Morgan fingerprint density at radius 1 is 1.56 bits per heavy atom. The molecule has 0 saturated carbocycles. The number of rotatable bonds is 3. The van der Waals surface area contributed by atoms with Gasteiger partial charge in [0.2, 0.25) is 4.77 Å². The van der Waals surface area contributed by atoms with E-state index in [2.05, 4.69) is 26.8 Å². The van der Waals surface area contributed by atoms with Gasteiger partial charge in [-0.1, -0.05) is 18.2 Å². The second kappa shape index (κ2) is 5.11. The lowest BCUT2D eigenvalue weighted by atomic mass is 10.1. The number of nitriles is 1. The van der Waals surface area contributed by atoms with Gasteiger partial charge in [0.1, 0.15) is 0 Å². The van der Waals surface area contributed by atoms with Crippen molar-refractivity contribution in [2.45, 2.75) is 0 Å². The SMILES string of the molecule is N#Cc1ccccc1C=NNc1n[nH]c(=S)n1N. The molecule has 0 radical (unpaired) electrons. The van der Waals surface area contributed by atoms with Crippen molar-refractivity contribution >= 4 is 24.4 Å². The van der Waals surface area contributed by atoms with Crippen LogP contribution in [-0.4, -0.2) is 21.1 Å². The summed E-state index contributed by atoms with van der Waals surface area (Å²) >= 11 is 4.84. The Balaban J connectivity index is 2.15. The summed E-state index contributed by atoms with van der Waals surface area (Å²) in [4.78, 5) is 0. The zero-order valence-corrected chi connectivity index (χ0v) is 9.98. The number of hydrogen-bond acceptors (Lipinski definition) is 6. The van der Waals surface area contributed by atoms with E-state index in [1.54, 1.807) is 18.2 Å². The van der Waals surface area contributed by atoms with Gasteiger partial charge in [-0.05, 0) is 18.3 Å². The van der Waals surface area contributed by atoms with E-state index >= 15 is 0 Å². The Kier molecular flexibility index (Phi) is 3.36. The first-order valence-corrected chi connectivity index (χ1v) is 5.34. The summed E-state index contributed by atoms with van der Waals surface area (Å²) in [6.45, 7) is 0. The topological polar surface area (TPSA) is 108 Å². The van der Waals surface area contributed by atoms with E-state index in [1.807, 2.05) is 6.07 Å². The second-order valence-corrected chi connectivity index (χ2v) is 3.68. The molecule has 0 aliphatic carbocycles. The number of benzene rings is 1. The molecule has 2 aromatic rings. The van der Waals surface area contributed by atoms with Crippen LogP contribution < -0.4 is 11.3 Å². The van der Waals surface area contributed by atoms with E-state index in [9.17, 15) is 0 Å². The number of nitrogen functional groups attached to an aromatic ring is 1. The monoisotopic (exact) mass is 259 g/mol. The third-order valence-corrected chi connectivity index (χ3v) is 2.44. The summed E-state index contributed by atoms with van der Waals surface area (Å²) in [5, 5.41) is 19.2. The van der Waals surface area contributed by atoms with Crippen molar-refractivity contribution in [1.29, 1.82) is 5.26 Å². The standard InChI is InChI=1S/C10H9N7S/c11-5-7-3-1-2-4-8(7)6-13-14-9-15-16-10(18)17(9)12/h1-4,6H,12H2,(H,14,15)(H,16,18). The molecule has 18 heavy (non-hydrogen) atoms. The summed E-state index contributed by atoms with van der Waals surface area (Å²) < 4.78 is 1.44. The fourth-order valence-corrected chi connectivity index (χ4v) is 1.39. The van der Waals surface area contributed by atoms with Gasteiger partial charge >= 0.3 is 0 Å². The van der Waals surface area contributed by atoms with Crippen molar-refractivity contribution in [3.05, 3.63) is 40.2 Å². The summed E-state index contributed by atoms with van der Waals surface area (Å²) in [6, 6.07) is 9.17. The fourth-order valence-electron chi connectivity index (χ4n) is 1.25. The molecule has 7 nitrogen and oxygen atoms in total. The molecule has 1 aromatic carbocycles. The number of H-pyrrole nitrogens is 1. The molecule has 1 aromatic heterocycles. The van der Waals surface area contributed by atoms with Crippen LogP contribution in [0.15, 0.2) is 29.4 Å². The number of nitrogens with one attached hydrogen (secondary N) is 2. The lowest BCUT2D eigenvalue weighted by Crippen LogP contribution is -2.11. The second-order valence-electron chi connectivity index (χ2n) is 3.29. The largest absolute Gasteiger partial charge is 0.334 e. The smallest absolute Gasteiger partial charge is 0.262 e. The Morgan fingerprint density at radius 3 is 3.00 bits per heavy atom. The van der Waals surface area contributed by atoms with Crippen LogP contribution in [0.3, 0.4) is 0 Å². The van der Waals surface area contributed by atoms with Crippen molar-refractivity contribution in [2.24, 2.45) is 5.10 Å². The molecule has 90 valence electrons. The number of nitrogens with zero attached hydrogens (tertiary/aromatic N) is 4. The minimum absolute atomic E-state index is 0.283. The molecule has 0 unspecified atom stereocenters. The highest BCUT2D eigenvalue weighted by Gasteiger charge is 2.00. The first-order chi connectivity index (χ1) is 8.72. The van der Waals surface area contributed by atoms with Crippen molar-refractivity contribution in [3.8, 4) is 6.07 Å². The molecule has 0 bridgehead atoms. The summed E-state index contributed by atoms with van der Waals surface area (Å²) in [7, 11) is 0. The molecule has 0 amide bonds. The van der Waals surface area contributed by atoms with Gasteiger partial charge in [0.25, 0.3) is 5.95 Å². The molecule has 1 heterocycles. The van der Waals surface area contributed by atoms with E-state index in [4.69, 9.17) is 23.3 Å². The zero-order valence-electron chi connectivity index (χ0n) is 9.16. The van der Waals surface area contributed by atoms with Gasteiger partial charge < -0.3 is 5.84 Å². The molecular weight excluding hydrogens is 250 g/mol. The maximum atomic E-state index is 8.89. The predicted octanol–water partition coefficient (Wildman–Crippen LogP) is 0.972. The maximum absolute atomic E-state index is 8.89. The summed E-state index contributed by atoms with van der Waals surface area (Å²) in [5.74, 6) is 5.85. The number of nitrogens with two attached hydrogens (primary N) is 1. The van der Waals surface area contributed by atoms with E-state index in [1.165, 1.54) is 6.21 Å². The van der Waals surface area contributed by atoms with Gasteiger partial charge in [-0.2, -0.15) is 15.0 Å². The van der Waals surface area contributed by atoms with E-state index in [0.717, 1.165) is 4.68 Å². The zero-order chi connectivity index (χ0) is 13.0. The van der Waals surface area contributed by atoms with E-state index in [-0.39, 0.29) is 10.7 Å². The molecule has 8 heteroatoms. The first-order valence-electron chi connectivity index (χ1n) is 4.93. The molecule has 0 saturated heterocycles. The lowest BCUT2D eigenvalue weighted by molar-refractivity contribution is 0.971. The molecule has 0 aliphatic rings. The Morgan fingerprint density at radius 2 is 2.33 bits per heavy atom. The van der Waals surface area contributed by atoms with Gasteiger partial charge in [-0.15, -0.1) is 5.10 Å². The molecule has 0 atom stereocenters. The third kappa shape index (κ3) is 2.36. The Bertz CT molecular complexity index is 676. The van der Waals surface area contributed by atoms with Crippen LogP contribution in [0.1, 0.15) is 11.1 Å². The van der Waals surface area contributed by atoms with Crippen LogP contribution in [0.5, 0.6) is 0 Å². The van der Waals surface area contributed by atoms with Crippen molar-refractivity contribution < 1.29 is 0 Å². The molecule has 0 fully saturated rings. The Labute approximate surface area is 108 Å². The first kappa shape index (κ1) is 11.8. The summed E-state index contributed by atoms with van der Waals surface area (Å²) in [6.07, 6.45) is 1.51. The molecule has 0 spiro atoms. The third-order valence-electron chi connectivity index (χ3n) is 2.15. The van der Waals surface area contributed by atoms with Crippen LogP contribution in [0.2, 0.25) is 0 Å². The van der Waals surface area contributed by atoms with Crippen molar-refractivity contribution in [3.63, 3.8) is 0 Å². The maximum Gasteiger partial charge on any atom is 0.262 e. The van der Waals surface area contributed by atoms with Crippen LogP contribution >= 0.6 is 12.2 Å². The van der Waals surface area contributed by atoms with E-state index in [0.29, 0.717) is 11.1 Å². The highest BCUT2D eigenvalue weighted by Crippen LogP contribution is 2.04. The van der Waals surface area contributed by atoms with Gasteiger partial charge in [0, 0.05) is 5.56 Å². The van der Waals surface area contributed by atoms with Crippen LogP contribution in [0.25, 0.3) is 0 Å².